The Hall–Kier alpha value is -1.83. The molecule has 2 saturated heterocycles. The summed E-state index contributed by atoms with van der Waals surface area (Å²) in [5.41, 5.74) is 1.25. The Kier molecular flexibility index (Phi) is 9.43. The SMILES string of the molecule is CCNC(=NCC(C)N1CCN(C)CC1)NCC(c1ccccc1OC)N1CCCC1. The topological polar surface area (TPSA) is 55.4 Å². The lowest BCUT2D eigenvalue weighted by atomic mass is 10.0. The largest absolute Gasteiger partial charge is 0.496 e. The van der Waals surface area contributed by atoms with Crippen LogP contribution in [0.25, 0.3) is 0 Å². The first-order valence-electron chi connectivity index (χ1n) is 11.9. The van der Waals surface area contributed by atoms with Crippen molar-refractivity contribution in [2.75, 3.05) is 73.1 Å². The number of methoxy groups -OCH3 is 1. The van der Waals surface area contributed by atoms with E-state index < -0.39 is 0 Å². The quantitative estimate of drug-likeness (QED) is 0.462. The molecule has 2 unspecified atom stereocenters. The Morgan fingerprint density at radius 2 is 1.74 bits per heavy atom. The average molecular weight is 431 g/mol. The lowest BCUT2D eigenvalue weighted by Gasteiger charge is -2.36. The Balaban J connectivity index is 1.64. The van der Waals surface area contributed by atoms with E-state index >= 15 is 0 Å². The molecule has 2 aliphatic rings. The first-order chi connectivity index (χ1) is 15.1. The van der Waals surface area contributed by atoms with Crippen LogP contribution in [-0.4, -0.2) is 99.8 Å². The van der Waals surface area contributed by atoms with Gasteiger partial charge in [0.25, 0.3) is 0 Å². The van der Waals surface area contributed by atoms with Crippen molar-refractivity contribution in [3.63, 3.8) is 0 Å². The highest BCUT2D eigenvalue weighted by Gasteiger charge is 2.26. The number of rotatable bonds is 9. The average Bonchev–Trinajstić information content (AvgIpc) is 3.32. The van der Waals surface area contributed by atoms with Crippen molar-refractivity contribution < 1.29 is 4.74 Å². The monoisotopic (exact) mass is 430 g/mol. The molecule has 3 rings (SSSR count). The molecule has 2 heterocycles. The highest BCUT2D eigenvalue weighted by Crippen LogP contribution is 2.31. The lowest BCUT2D eigenvalue weighted by molar-refractivity contribution is 0.122. The highest BCUT2D eigenvalue weighted by molar-refractivity contribution is 5.79. The summed E-state index contributed by atoms with van der Waals surface area (Å²) in [6, 6.07) is 9.14. The molecular formula is C24H42N6O. The molecule has 0 spiro atoms. The first-order valence-corrected chi connectivity index (χ1v) is 11.9. The van der Waals surface area contributed by atoms with E-state index in [0.717, 1.165) is 70.6 Å². The number of nitrogens with zero attached hydrogens (tertiary/aromatic N) is 4. The zero-order valence-corrected chi connectivity index (χ0v) is 19.9. The van der Waals surface area contributed by atoms with Crippen LogP contribution in [0, 0.1) is 0 Å². The van der Waals surface area contributed by atoms with Crippen molar-refractivity contribution in [1.29, 1.82) is 0 Å². The van der Waals surface area contributed by atoms with Crippen LogP contribution in [0.1, 0.15) is 38.3 Å². The van der Waals surface area contributed by atoms with E-state index in [1.54, 1.807) is 7.11 Å². The summed E-state index contributed by atoms with van der Waals surface area (Å²) in [6.45, 7) is 13.7. The Bertz CT molecular complexity index is 682. The summed E-state index contributed by atoms with van der Waals surface area (Å²) in [5.74, 6) is 1.87. The molecule has 0 bridgehead atoms. The van der Waals surface area contributed by atoms with E-state index in [1.165, 1.54) is 18.4 Å². The summed E-state index contributed by atoms with van der Waals surface area (Å²) in [7, 11) is 3.96. The second-order valence-electron chi connectivity index (χ2n) is 8.79. The van der Waals surface area contributed by atoms with Gasteiger partial charge < -0.3 is 20.3 Å². The number of likely N-dealkylation sites (tertiary alicyclic amines) is 1. The Labute approximate surface area is 188 Å². The fraction of sp³-hybridized carbons (Fsp3) is 0.708. The second-order valence-corrected chi connectivity index (χ2v) is 8.79. The van der Waals surface area contributed by atoms with Crippen molar-refractivity contribution >= 4 is 5.96 Å². The molecule has 0 radical (unpaired) electrons. The zero-order chi connectivity index (χ0) is 22.1. The number of hydrogen-bond acceptors (Lipinski definition) is 5. The molecule has 2 fully saturated rings. The standard InChI is InChI=1S/C24H42N6O/c1-5-25-24(26-18-20(2)29-16-14-28(3)15-17-29)27-19-22(30-12-8-9-13-30)21-10-6-7-11-23(21)31-4/h6-7,10-11,20,22H,5,8-9,12-19H2,1-4H3,(H2,25,26,27). The molecule has 174 valence electrons. The lowest BCUT2D eigenvalue weighted by Crippen LogP contribution is -2.49. The molecule has 0 aromatic heterocycles. The van der Waals surface area contributed by atoms with E-state index in [1.807, 2.05) is 6.07 Å². The van der Waals surface area contributed by atoms with Crippen LogP contribution in [0.2, 0.25) is 0 Å². The maximum absolute atomic E-state index is 5.68. The Morgan fingerprint density at radius 3 is 2.42 bits per heavy atom. The van der Waals surface area contributed by atoms with Gasteiger partial charge in [-0.1, -0.05) is 18.2 Å². The van der Waals surface area contributed by atoms with Gasteiger partial charge in [-0.3, -0.25) is 14.8 Å². The number of guanidine groups is 1. The third-order valence-electron chi connectivity index (χ3n) is 6.56. The van der Waals surface area contributed by atoms with E-state index in [-0.39, 0.29) is 6.04 Å². The van der Waals surface area contributed by atoms with Gasteiger partial charge in [0, 0.05) is 50.9 Å². The molecule has 31 heavy (non-hydrogen) atoms. The zero-order valence-electron chi connectivity index (χ0n) is 19.9. The third-order valence-corrected chi connectivity index (χ3v) is 6.56. The van der Waals surface area contributed by atoms with Gasteiger partial charge in [0.1, 0.15) is 5.75 Å². The van der Waals surface area contributed by atoms with Crippen LogP contribution in [-0.2, 0) is 0 Å². The third kappa shape index (κ3) is 6.82. The molecule has 0 saturated carbocycles. The smallest absolute Gasteiger partial charge is 0.191 e. The minimum atomic E-state index is 0.276. The van der Waals surface area contributed by atoms with Gasteiger partial charge in [-0.25, -0.2) is 0 Å². The second kappa shape index (κ2) is 12.3. The maximum Gasteiger partial charge on any atom is 0.191 e. The molecule has 2 atom stereocenters. The van der Waals surface area contributed by atoms with Crippen molar-refractivity contribution in [3.8, 4) is 5.75 Å². The van der Waals surface area contributed by atoms with Crippen LogP contribution in [0.3, 0.4) is 0 Å². The van der Waals surface area contributed by atoms with Crippen LogP contribution < -0.4 is 15.4 Å². The molecular weight excluding hydrogens is 388 g/mol. The van der Waals surface area contributed by atoms with Gasteiger partial charge in [-0.05, 0) is 52.9 Å². The summed E-state index contributed by atoms with van der Waals surface area (Å²) in [4.78, 5) is 12.5. The van der Waals surface area contributed by atoms with Gasteiger partial charge in [-0.15, -0.1) is 0 Å². The predicted octanol–water partition coefficient (Wildman–Crippen LogP) is 2.02. The molecule has 0 amide bonds. The highest BCUT2D eigenvalue weighted by atomic mass is 16.5. The van der Waals surface area contributed by atoms with Crippen LogP contribution in [0.4, 0.5) is 0 Å². The normalized spacial score (nSPS) is 21.1. The number of likely N-dealkylation sites (N-methyl/N-ethyl adjacent to an activating group) is 1. The van der Waals surface area contributed by atoms with Crippen LogP contribution in [0.15, 0.2) is 29.3 Å². The summed E-state index contributed by atoms with van der Waals surface area (Å²) >= 11 is 0. The van der Waals surface area contributed by atoms with Crippen molar-refractivity contribution in [1.82, 2.24) is 25.3 Å². The number of aliphatic imine (C=N–C) groups is 1. The Morgan fingerprint density at radius 1 is 1.03 bits per heavy atom. The molecule has 1 aromatic carbocycles. The number of nitrogens with one attached hydrogen (secondary N) is 2. The summed E-state index contributed by atoms with van der Waals surface area (Å²) in [6.07, 6.45) is 2.53. The maximum atomic E-state index is 5.68. The summed E-state index contributed by atoms with van der Waals surface area (Å²) < 4.78 is 5.68. The van der Waals surface area contributed by atoms with Crippen molar-refractivity contribution in [3.05, 3.63) is 29.8 Å². The van der Waals surface area contributed by atoms with Crippen molar-refractivity contribution in [2.24, 2.45) is 4.99 Å². The molecule has 0 aliphatic carbocycles. The van der Waals surface area contributed by atoms with Crippen LogP contribution >= 0.6 is 0 Å². The van der Waals surface area contributed by atoms with Gasteiger partial charge in [0.2, 0.25) is 0 Å². The molecule has 7 heteroatoms. The number of piperazine rings is 1. The minimum absolute atomic E-state index is 0.276. The van der Waals surface area contributed by atoms with E-state index in [2.05, 4.69) is 64.4 Å². The number of para-hydroxylation sites is 1. The molecule has 7 nitrogen and oxygen atoms in total. The van der Waals surface area contributed by atoms with E-state index in [0.29, 0.717) is 6.04 Å². The summed E-state index contributed by atoms with van der Waals surface area (Å²) in [5, 5.41) is 7.06. The molecule has 1 aromatic rings. The first kappa shape index (κ1) is 23.8. The number of hydrogen-bond donors (Lipinski definition) is 2. The molecule has 2 N–H and O–H groups in total. The van der Waals surface area contributed by atoms with Crippen molar-refractivity contribution in [2.45, 2.75) is 38.8 Å². The van der Waals surface area contributed by atoms with Gasteiger partial charge in [0.05, 0.1) is 19.7 Å². The minimum Gasteiger partial charge on any atom is -0.496 e. The van der Waals surface area contributed by atoms with Gasteiger partial charge >= 0.3 is 0 Å². The van der Waals surface area contributed by atoms with Gasteiger partial charge in [0.15, 0.2) is 5.96 Å². The molecule has 2 aliphatic heterocycles. The van der Waals surface area contributed by atoms with E-state index in [4.69, 9.17) is 9.73 Å². The predicted molar refractivity (Wildman–Crippen MR) is 129 cm³/mol. The van der Waals surface area contributed by atoms with Crippen LogP contribution in [0.5, 0.6) is 5.75 Å². The number of ether oxygens (including phenoxy) is 1. The fourth-order valence-electron chi connectivity index (χ4n) is 4.57. The fourth-order valence-corrected chi connectivity index (χ4v) is 4.57. The van der Waals surface area contributed by atoms with E-state index in [9.17, 15) is 0 Å². The number of benzene rings is 1. The van der Waals surface area contributed by atoms with Gasteiger partial charge in [-0.2, -0.15) is 0 Å².